The van der Waals surface area contributed by atoms with Crippen molar-refractivity contribution in [3.8, 4) is 5.75 Å². The molecule has 1 saturated heterocycles. The fraction of sp³-hybridized carbons (Fsp3) is 0.417. The van der Waals surface area contributed by atoms with E-state index in [1.165, 1.54) is 12.1 Å². The van der Waals surface area contributed by atoms with Crippen LogP contribution in [0.2, 0.25) is 0 Å². The van der Waals surface area contributed by atoms with E-state index < -0.39 is 22.2 Å². The van der Waals surface area contributed by atoms with Crippen molar-refractivity contribution in [1.29, 1.82) is 0 Å². The molecule has 1 fully saturated rings. The number of anilines is 1. The number of rotatable bonds is 4. The Bertz CT molecular complexity index is 627. The number of nitrogens with one attached hydrogen (secondary N) is 1. The average Bonchev–Trinajstić information content (AvgIpc) is 2.60. The molecular weight excluding hydrogens is 284 g/mol. The first-order valence-electron chi connectivity index (χ1n) is 6.13. The van der Waals surface area contributed by atoms with Gasteiger partial charge in [0.1, 0.15) is 12.3 Å². The molecule has 8 heteroatoms. The second kappa shape index (κ2) is 5.29. The normalized spacial score (nSPS) is 18.9. The number of aliphatic hydroxyl groups is 1. The third kappa shape index (κ3) is 3.02. The molecule has 0 aromatic heterocycles. The predicted octanol–water partition coefficient (Wildman–Crippen LogP) is -0.113. The van der Waals surface area contributed by atoms with Crippen molar-refractivity contribution in [1.82, 2.24) is 4.72 Å². The quantitative estimate of drug-likeness (QED) is 0.719. The van der Waals surface area contributed by atoms with E-state index in [1.807, 2.05) is 4.72 Å². The highest BCUT2D eigenvalue weighted by Gasteiger charge is 2.35. The number of nitrogens with zero attached hydrogens (tertiary/aromatic N) is 1. The standard InChI is InChI=1S/C12H16N2O5S/c1-8(15)2-3-9-4-5-10(11(16)6-9)14-7-12(17)13-20(14,18)19/h4-6,8,15-16H,2-3,7H2,1H3,(H,13,17). The molecule has 1 atom stereocenters. The van der Waals surface area contributed by atoms with E-state index in [0.717, 1.165) is 9.87 Å². The van der Waals surface area contributed by atoms with Crippen LogP contribution in [0.1, 0.15) is 18.9 Å². The van der Waals surface area contributed by atoms with E-state index in [-0.39, 0.29) is 18.0 Å². The van der Waals surface area contributed by atoms with Gasteiger partial charge in [-0.05, 0) is 37.5 Å². The first-order valence-corrected chi connectivity index (χ1v) is 7.57. The zero-order chi connectivity index (χ0) is 14.9. The lowest BCUT2D eigenvalue weighted by Gasteiger charge is -2.16. The second-order valence-corrected chi connectivity index (χ2v) is 6.34. The maximum Gasteiger partial charge on any atom is 0.326 e. The predicted molar refractivity (Wildman–Crippen MR) is 72.5 cm³/mol. The highest BCUT2D eigenvalue weighted by atomic mass is 32.2. The van der Waals surface area contributed by atoms with Gasteiger partial charge >= 0.3 is 10.2 Å². The molecule has 0 radical (unpaired) electrons. The van der Waals surface area contributed by atoms with Crippen LogP contribution in [0.4, 0.5) is 5.69 Å². The Kier molecular flexibility index (Phi) is 3.87. The summed E-state index contributed by atoms with van der Waals surface area (Å²) in [4.78, 5) is 11.2. The third-order valence-corrected chi connectivity index (χ3v) is 4.37. The molecule has 20 heavy (non-hydrogen) atoms. The number of carbonyl (C=O) groups excluding carboxylic acids is 1. The van der Waals surface area contributed by atoms with Gasteiger partial charge in [-0.1, -0.05) is 6.07 Å². The molecule has 1 aromatic carbocycles. The molecule has 110 valence electrons. The summed E-state index contributed by atoms with van der Waals surface area (Å²) in [5.74, 6) is -0.851. The molecular formula is C12H16N2O5S. The molecule has 1 aliphatic heterocycles. The number of phenolic OH excluding ortho intramolecular Hbond substituents is 1. The Hall–Kier alpha value is -1.80. The number of carbonyl (C=O) groups is 1. The Morgan fingerprint density at radius 1 is 1.45 bits per heavy atom. The Morgan fingerprint density at radius 2 is 2.15 bits per heavy atom. The monoisotopic (exact) mass is 300 g/mol. The zero-order valence-electron chi connectivity index (χ0n) is 10.9. The molecule has 0 spiro atoms. The average molecular weight is 300 g/mol. The van der Waals surface area contributed by atoms with Gasteiger partial charge in [0.15, 0.2) is 0 Å². The van der Waals surface area contributed by atoms with Crippen LogP contribution in [-0.2, 0) is 21.4 Å². The Balaban J connectivity index is 2.24. The maximum atomic E-state index is 11.7. The largest absolute Gasteiger partial charge is 0.506 e. The van der Waals surface area contributed by atoms with Gasteiger partial charge in [0, 0.05) is 0 Å². The molecule has 7 nitrogen and oxygen atoms in total. The molecule has 1 heterocycles. The zero-order valence-corrected chi connectivity index (χ0v) is 11.7. The summed E-state index contributed by atoms with van der Waals surface area (Å²) in [6.07, 6.45) is 0.661. The van der Waals surface area contributed by atoms with Gasteiger partial charge in [-0.15, -0.1) is 0 Å². The highest BCUT2D eigenvalue weighted by molar-refractivity contribution is 7.92. The summed E-state index contributed by atoms with van der Waals surface area (Å²) in [7, 11) is -3.92. The van der Waals surface area contributed by atoms with Crippen LogP contribution in [0.25, 0.3) is 0 Å². The van der Waals surface area contributed by atoms with Gasteiger partial charge in [-0.3, -0.25) is 4.79 Å². The van der Waals surface area contributed by atoms with Crippen molar-refractivity contribution in [3.05, 3.63) is 23.8 Å². The summed E-state index contributed by atoms with van der Waals surface area (Å²) in [6.45, 7) is 1.32. The van der Waals surface area contributed by atoms with Crippen LogP contribution in [-0.4, -0.2) is 37.2 Å². The molecule has 1 amide bonds. The highest BCUT2D eigenvalue weighted by Crippen LogP contribution is 2.31. The molecule has 3 N–H and O–H groups in total. The van der Waals surface area contributed by atoms with Crippen LogP contribution < -0.4 is 9.03 Å². The van der Waals surface area contributed by atoms with Crippen LogP contribution >= 0.6 is 0 Å². The summed E-state index contributed by atoms with van der Waals surface area (Å²) in [5, 5.41) is 19.1. The van der Waals surface area contributed by atoms with E-state index in [9.17, 15) is 23.4 Å². The van der Waals surface area contributed by atoms with Gasteiger partial charge in [0.2, 0.25) is 0 Å². The third-order valence-electron chi connectivity index (χ3n) is 2.98. The number of hydrogen-bond donors (Lipinski definition) is 3. The van der Waals surface area contributed by atoms with Gasteiger partial charge in [-0.25, -0.2) is 9.03 Å². The summed E-state index contributed by atoms with van der Waals surface area (Å²) in [5.41, 5.74) is 0.840. The minimum Gasteiger partial charge on any atom is -0.506 e. The van der Waals surface area contributed by atoms with Crippen molar-refractivity contribution < 1.29 is 23.4 Å². The van der Waals surface area contributed by atoms with Crippen LogP contribution in [0, 0.1) is 0 Å². The van der Waals surface area contributed by atoms with Gasteiger partial charge < -0.3 is 10.2 Å². The first-order chi connectivity index (χ1) is 9.29. The molecule has 0 saturated carbocycles. The molecule has 0 bridgehead atoms. The van der Waals surface area contributed by atoms with Crippen molar-refractivity contribution in [2.24, 2.45) is 0 Å². The van der Waals surface area contributed by atoms with Crippen molar-refractivity contribution in [2.45, 2.75) is 25.9 Å². The lowest BCUT2D eigenvalue weighted by molar-refractivity contribution is -0.117. The van der Waals surface area contributed by atoms with E-state index in [2.05, 4.69) is 0 Å². The van der Waals surface area contributed by atoms with Gasteiger partial charge in [-0.2, -0.15) is 8.42 Å². The molecule has 1 unspecified atom stereocenters. The number of aromatic hydroxyl groups is 1. The second-order valence-electron chi connectivity index (χ2n) is 4.75. The Labute approximate surface area is 117 Å². The molecule has 1 aliphatic rings. The van der Waals surface area contributed by atoms with E-state index in [4.69, 9.17) is 0 Å². The van der Waals surface area contributed by atoms with Crippen molar-refractivity contribution in [3.63, 3.8) is 0 Å². The number of aliphatic hydroxyl groups excluding tert-OH is 1. The smallest absolute Gasteiger partial charge is 0.326 e. The molecule has 1 aromatic rings. The minimum absolute atomic E-state index is 0.0594. The van der Waals surface area contributed by atoms with Crippen LogP contribution in [0.15, 0.2) is 18.2 Å². The summed E-state index contributed by atoms with van der Waals surface area (Å²) >= 11 is 0. The molecule has 0 aliphatic carbocycles. The van der Waals surface area contributed by atoms with E-state index in [1.54, 1.807) is 13.0 Å². The lowest BCUT2D eigenvalue weighted by Crippen LogP contribution is -2.29. The topological polar surface area (TPSA) is 107 Å². The van der Waals surface area contributed by atoms with Gasteiger partial charge in [0.05, 0.1) is 11.8 Å². The van der Waals surface area contributed by atoms with Crippen molar-refractivity contribution >= 4 is 21.8 Å². The summed E-state index contributed by atoms with van der Waals surface area (Å²) < 4.78 is 26.0. The number of amides is 1. The maximum absolute atomic E-state index is 11.7. The Morgan fingerprint density at radius 3 is 2.65 bits per heavy atom. The van der Waals surface area contributed by atoms with E-state index >= 15 is 0 Å². The fourth-order valence-corrected chi connectivity index (χ4v) is 3.14. The SMILES string of the molecule is CC(O)CCc1ccc(N2CC(=O)NS2(=O)=O)c(O)c1. The molecule has 2 rings (SSSR count). The number of aryl methyl sites for hydroxylation is 1. The van der Waals surface area contributed by atoms with Crippen molar-refractivity contribution in [2.75, 3.05) is 10.8 Å². The van der Waals surface area contributed by atoms with Crippen LogP contribution in [0.5, 0.6) is 5.75 Å². The number of hydrogen-bond acceptors (Lipinski definition) is 5. The van der Waals surface area contributed by atoms with Gasteiger partial charge in [0.25, 0.3) is 5.91 Å². The first kappa shape index (κ1) is 14.6. The summed E-state index contributed by atoms with van der Waals surface area (Å²) in [6, 6.07) is 4.55. The lowest BCUT2D eigenvalue weighted by atomic mass is 10.1. The fourth-order valence-electron chi connectivity index (χ4n) is 1.97. The minimum atomic E-state index is -3.92. The number of phenols is 1. The number of benzene rings is 1. The van der Waals surface area contributed by atoms with E-state index in [0.29, 0.717) is 12.8 Å². The van der Waals surface area contributed by atoms with Crippen LogP contribution in [0.3, 0.4) is 0 Å².